The molecule has 20 heavy (non-hydrogen) atoms. The highest BCUT2D eigenvalue weighted by molar-refractivity contribution is 7.07. The zero-order chi connectivity index (χ0) is 14.4. The summed E-state index contributed by atoms with van der Waals surface area (Å²) in [7, 11) is 3.39. The molecule has 0 bridgehead atoms. The summed E-state index contributed by atoms with van der Waals surface area (Å²) in [4.78, 5) is 0. The predicted molar refractivity (Wildman–Crippen MR) is 83.3 cm³/mol. The van der Waals surface area contributed by atoms with Gasteiger partial charge < -0.3 is 14.8 Å². The van der Waals surface area contributed by atoms with Gasteiger partial charge in [0.1, 0.15) is 5.75 Å². The molecular weight excluding hydrogens is 270 g/mol. The van der Waals surface area contributed by atoms with Crippen molar-refractivity contribution in [3.8, 4) is 5.75 Å². The Morgan fingerprint density at radius 1 is 1.25 bits per heavy atom. The third kappa shape index (κ3) is 3.82. The fraction of sp³-hybridized carbons (Fsp3) is 0.375. The quantitative estimate of drug-likeness (QED) is 0.842. The lowest BCUT2D eigenvalue weighted by atomic mass is 10.0. The summed E-state index contributed by atoms with van der Waals surface area (Å²) in [6, 6.07) is 8.69. The summed E-state index contributed by atoms with van der Waals surface area (Å²) in [6.45, 7) is 3.62. The number of thiophene rings is 1. The Kier molecular flexibility index (Phi) is 5.59. The number of benzene rings is 1. The predicted octanol–water partition coefficient (Wildman–Crippen LogP) is 3.75. The minimum absolute atomic E-state index is 0.288. The van der Waals surface area contributed by atoms with Crippen molar-refractivity contribution in [1.29, 1.82) is 0 Å². The summed E-state index contributed by atoms with van der Waals surface area (Å²) < 4.78 is 10.6. The van der Waals surface area contributed by atoms with Gasteiger partial charge in [0, 0.05) is 25.3 Å². The SMILES string of the molecule is COCc1cc(C(C)NCc2ccsc2)ccc1OC. The van der Waals surface area contributed by atoms with Crippen molar-refractivity contribution in [2.24, 2.45) is 0 Å². The van der Waals surface area contributed by atoms with Crippen molar-refractivity contribution in [2.75, 3.05) is 14.2 Å². The van der Waals surface area contributed by atoms with Gasteiger partial charge in [-0.05, 0) is 47.0 Å². The van der Waals surface area contributed by atoms with Crippen LogP contribution in [-0.4, -0.2) is 14.2 Å². The minimum Gasteiger partial charge on any atom is -0.496 e. The second kappa shape index (κ2) is 7.43. The molecule has 1 heterocycles. The lowest BCUT2D eigenvalue weighted by Gasteiger charge is -2.16. The van der Waals surface area contributed by atoms with E-state index in [1.807, 2.05) is 6.07 Å². The fourth-order valence-electron chi connectivity index (χ4n) is 2.12. The van der Waals surface area contributed by atoms with E-state index in [1.54, 1.807) is 25.6 Å². The van der Waals surface area contributed by atoms with Crippen LogP contribution in [0.15, 0.2) is 35.0 Å². The van der Waals surface area contributed by atoms with Crippen LogP contribution in [0.3, 0.4) is 0 Å². The largest absolute Gasteiger partial charge is 0.496 e. The van der Waals surface area contributed by atoms with Gasteiger partial charge in [0.15, 0.2) is 0 Å². The first-order valence-corrected chi connectivity index (χ1v) is 7.59. The molecule has 1 aromatic carbocycles. The van der Waals surface area contributed by atoms with E-state index in [9.17, 15) is 0 Å². The van der Waals surface area contributed by atoms with Crippen LogP contribution >= 0.6 is 11.3 Å². The van der Waals surface area contributed by atoms with Gasteiger partial charge in [-0.1, -0.05) is 6.07 Å². The van der Waals surface area contributed by atoms with Crippen LogP contribution in [0.1, 0.15) is 29.7 Å². The van der Waals surface area contributed by atoms with Gasteiger partial charge in [0.2, 0.25) is 0 Å². The topological polar surface area (TPSA) is 30.5 Å². The number of hydrogen-bond donors (Lipinski definition) is 1. The maximum atomic E-state index is 5.35. The van der Waals surface area contributed by atoms with Crippen molar-refractivity contribution in [3.05, 3.63) is 51.7 Å². The van der Waals surface area contributed by atoms with E-state index in [-0.39, 0.29) is 6.04 Å². The zero-order valence-electron chi connectivity index (χ0n) is 12.2. The summed E-state index contributed by atoms with van der Waals surface area (Å²) >= 11 is 1.73. The molecule has 0 aliphatic rings. The van der Waals surface area contributed by atoms with Crippen molar-refractivity contribution in [1.82, 2.24) is 5.32 Å². The minimum atomic E-state index is 0.288. The lowest BCUT2D eigenvalue weighted by Crippen LogP contribution is -2.18. The number of methoxy groups -OCH3 is 2. The first kappa shape index (κ1) is 15.0. The molecule has 0 saturated heterocycles. The van der Waals surface area contributed by atoms with Gasteiger partial charge in [-0.2, -0.15) is 11.3 Å². The third-order valence-corrected chi connectivity index (χ3v) is 4.03. The van der Waals surface area contributed by atoms with Crippen LogP contribution in [-0.2, 0) is 17.9 Å². The van der Waals surface area contributed by atoms with E-state index in [2.05, 4.69) is 41.2 Å². The van der Waals surface area contributed by atoms with Crippen LogP contribution in [0.4, 0.5) is 0 Å². The molecule has 0 radical (unpaired) electrons. The van der Waals surface area contributed by atoms with Gasteiger partial charge in [-0.15, -0.1) is 0 Å². The fourth-order valence-corrected chi connectivity index (χ4v) is 2.79. The highest BCUT2D eigenvalue weighted by Crippen LogP contribution is 2.24. The lowest BCUT2D eigenvalue weighted by molar-refractivity contribution is 0.181. The van der Waals surface area contributed by atoms with Gasteiger partial charge >= 0.3 is 0 Å². The van der Waals surface area contributed by atoms with Gasteiger partial charge in [-0.25, -0.2) is 0 Å². The van der Waals surface area contributed by atoms with Crippen LogP contribution in [0, 0.1) is 0 Å². The molecule has 0 fully saturated rings. The third-order valence-electron chi connectivity index (χ3n) is 3.30. The standard InChI is InChI=1S/C16H21NO2S/c1-12(17-9-13-6-7-20-11-13)14-4-5-16(19-3)15(8-14)10-18-2/h4-8,11-12,17H,9-10H2,1-3H3. The molecule has 1 atom stereocenters. The highest BCUT2D eigenvalue weighted by atomic mass is 32.1. The summed E-state index contributed by atoms with van der Waals surface area (Å²) in [5, 5.41) is 7.81. The van der Waals surface area contributed by atoms with E-state index >= 15 is 0 Å². The molecule has 0 saturated carbocycles. The average Bonchev–Trinajstić information content (AvgIpc) is 2.98. The summed E-state index contributed by atoms with van der Waals surface area (Å²) in [6.07, 6.45) is 0. The van der Waals surface area contributed by atoms with E-state index in [4.69, 9.17) is 9.47 Å². The van der Waals surface area contributed by atoms with Crippen LogP contribution in [0.25, 0.3) is 0 Å². The first-order valence-electron chi connectivity index (χ1n) is 6.64. The Labute approximate surface area is 124 Å². The van der Waals surface area contributed by atoms with E-state index in [0.29, 0.717) is 6.61 Å². The van der Waals surface area contributed by atoms with Gasteiger partial charge in [0.05, 0.1) is 13.7 Å². The van der Waals surface area contributed by atoms with Crippen molar-refractivity contribution < 1.29 is 9.47 Å². The molecule has 1 N–H and O–H groups in total. The van der Waals surface area contributed by atoms with E-state index in [0.717, 1.165) is 17.9 Å². The van der Waals surface area contributed by atoms with Gasteiger partial charge in [-0.3, -0.25) is 0 Å². The number of ether oxygens (including phenoxy) is 2. The Bertz CT molecular complexity index is 525. The molecule has 1 unspecified atom stereocenters. The van der Waals surface area contributed by atoms with Crippen LogP contribution in [0.2, 0.25) is 0 Å². The highest BCUT2D eigenvalue weighted by Gasteiger charge is 2.09. The van der Waals surface area contributed by atoms with E-state index < -0.39 is 0 Å². The van der Waals surface area contributed by atoms with Crippen LogP contribution < -0.4 is 10.1 Å². The number of rotatable bonds is 7. The number of nitrogens with one attached hydrogen (secondary N) is 1. The zero-order valence-corrected chi connectivity index (χ0v) is 13.0. The average molecular weight is 291 g/mol. The number of hydrogen-bond acceptors (Lipinski definition) is 4. The molecule has 0 aliphatic heterocycles. The molecule has 3 nitrogen and oxygen atoms in total. The molecule has 2 aromatic rings. The Morgan fingerprint density at radius 2 is 2.10 bits per heavy atom. The molecule has 0 spiro atoms. The maximum Gasteiger partial charge on any atom is 0.124 e. The summed E-state index contributed by atoms with van der Waals surface area (Å²) in [5.41, 5.74) is 3.65. The molecule has 0 aliphatic carbocycles. The molecule has 4 heteroatoms. The molecule has 1 aromatic heterocycles. The van der Waals surface area contributed by atoms with Crippen molar-refractivity contribution >= 4 is 11.3 Å². The van der Waals surface area contributed by atoms with E-state index in [1.165, 1.54) is 11.1 Å². The van der Waals surface area contributed by atoms with Crippen LogP contribution in [0.5, 0.6) is 5.75 Å². The molecular formula is C16H21NO2S. The van der Waals surface area contributed by atoms with Crippen molar-refractivity contribution in [2.45, 2.75) is 26.1 Å². The Morgan fingerprint density at radius 3 is 2.75 bits per heavy atom. The first-order chi connectivity index (χ1) is 9.74. The monoisotopic (exact) mass is 291 g/mol. The van der Waals surface area contributed by atoms with Gasteiger partial charge in [0.25, 0.3) is 0 Å². The molecule has 108 valence electrons. The Hall–Kier alpha value is -1.36. The van der Waals surface area contributed by atoms with Crippen molar-refractivity contribution in [3.63, 3.8) is 0 Å². The Balaban J connectivity index is 2.05. The second-order valence-corrected chi connectivity index (χ2v) is 5.52. The molecule has 2 rings (SSSR count). The smallest absolute Gasteiger partial charge is 0.124 e. The maximum absolute atomic E-state index is 5.35. The summed E-state index contributed by atoms with van der Waals surface area (Å²) in [5.74, 6) is 0.876. The second-order valence-electron chi connectivity index (χ2n) is 4.74. The molecule has 0 amide bonds. The normalized spacial score (nSPS) is 12.3.